The van der Waals surface area contributed by atoms with E-state index >= 15 is 0 Å². The van der Waals surface area contributed by atoms with Crippen LogP contribution in [0.5, 0.6) is 0 Å². The van der Waals surface area contributed by atoms with Crippen LogP contribution in [-0.2, 0) is 25.7 Å². The molecule has 3 aromatic carbocycles. The highest BCUT2D eigenvalue weighted by atomic mass is 16.5. The Morgan fingerprint density at radius 3 is 2.18 bits per heavy atom. The van der Waals surface area contributed by atoms with Gasteiger partial charge in [0.15, 0.2) is 0 Å². The molecule has 0 bridgehead atoms. The minimum Gasteiger partial charge on any atom is -0.457 e. The summed E-state index contributed by atoms with van der Waals surface area (Å²) in [5.41, 5.74) is 4.74. The van der Waals surface area contributed by atoms with Crippen molar-refractivity contribution in [3.05, 3.63) is 107 Å². The molecule has 1 aliphatic heterocycles. The smallest absolute Gasteiger partial charge is 0.338 e. The number of ether oxygens (including phenoxy) is 1. The van der Waals surface area contributed by atoms with Gasteiger partial charge in [-0.25, -0.2) is 9.59 Å². The third-order valence-corrected chi connectivity index (χ3v) is 11.3. The second-order valence-electron chi connectivity index (χ2n) is 15.8. The van der Waals surface area contributed by atoms with Crippen LogP contribution >= 0.6 is 0 Å². The summed E-state index contributed by atoms with van der Waals surface area (Å²) in [6, 6.07) is 26.1. The molecule has 4 amide bonds. The molecule has 1 saturated carbocycles. The van der Waals surface area contributed by atoms with Gasteiger partial charge in [0.25, 0.3) is 0 Å². The summed E-state index contributed by atoms with van der Waals surface area (Å²) in [5.74, 6) is -0.329. The second-order valence-corrected chi connectivity index (χ2v) is 15.8. The van der Waals surface area contributed by atoms with E-state index in [1.54, 1.807) is 4.90 Å². The number of urea groups is 1. The van der Waals surface area contributed by atoms with E-state index in [2.05, 4.69) is 22.5 Å². The van der Waals surface area contributed by atoms with Crippen molar-refractivity contribution in [3.63, 3.8) is 0 Å². The number of rotatable bonds is 20. The van der Waals surface area contributed by atoms with Gasteiger partial charge in [0.05, 0.1) is 11.6 Å². The first-order chi connectivity index (χ1) is 27.7. The third kappa shape index (κ3) is 12.3. The number of hydrogen-bond donors (Lipinski definition) is 2. The molecule has 57 heavy (non-hydrogen) atoms. The molecule has 1 heterocycles. The molecule has 3 aromatic rings. The van der Waals surface area contributed by atoms with Crippen molar-refractivity contribution in [1.82, 2.24) is 25.3 Å². The largest absolute Gasteiger partial charge is 0.457 e. The molecule has 0 radical (unpaired) electrons. The number of hydrogen-bond acceptors (Lipinski definition) is 6. The van der Waals surface area contributed by atoms with E-state index in [0.717, 1.165) is 60.8 Å². The second kappa shape index (κ2) is 22.1. The zero-order chi connectivity index (χ0) is 40.6. The Labute approximate surface area is 340 Å². The first kappa shape index (κ1) is 43.2. The Bertz CT molecular complexity index is 1770. The first-order valence-electron chi connectivity index (χ1n) is 21.0. The van der Waals surface area contributed by atoms with Crippen LogP contribution in [0.15, 0.2) is 96.2 Å². The lowest BCUT2D eigenvalue weighted by atomic mass is 9.82. The van der Waals surface area contributed by atoms with Gasteiger partial charge in [-0.15, -0.1) is 0 Å². The Kier molecular flexibility index (Phi) is 16.7. The SMILES string of the molecule is CCCCNC(=O)C(C1CCCCC1)N(CCN(C)C)C(=O)CCCCCN1C(=O)NC(c2ccc(-c3ccccc3)cc2)C(C(=O)OCc2ccccc2)=C1C. The molecule has 1 aliphatic carbocycles. The van der Waals surface area contributed by atoms with Gasteiger partial charge in [-0.3, -0.25) is 14.5 Å². The van der Waals surface area contributed by atoms with Crippen molar-refractivity contribution >= 4 is 23.8 Å². The number of carbonyl (C=O) groups excluding carboxylic acids is 4. The number of unbranched alkanes of at least 4 members (excludes halogenated alkanes) is 3. The summed E-state index contributed by atoms with van der Waals surface area (Å²) in [7, 11) is 3.98. The maximum absolute atomic E-state index is 14.0. The molecule has 2 atom stereocenters. The molecule has 2 unspecified atom stereocenters. The number of likely N-dealkylation sites (N-methyl/N-ethyl adjacent to an activating group) is 1. The van der Waals surface area contributed by atoms with Crippen molar-refractivity contribution in [2.24, 2.45) is 5.92 Å². The molecule has 0 spiro atoms. The average Bonchev–Trinajstić information content (AvgIpc) is 3.23. The molecule has 5 rings (SSSR count). The van der Waals surface area contributed by atoms with Crippen LogP contribution in [0.25, 0.3) is 11.1 Å². The van der Waals surface area contributed by atoms with E-state index in [0.29, 0.717) is 63.1 Å². The predicted molar refractivity (Wildman–Crippen MR) is 226 cm³/mol. The van der Waals surface area contributed by atoms with Crippen molar-refractivity contribution in [2.75, 3.05) is 40.3 Å². The zero-order valence-electron chi connectivity index (χ0n) is 34.5. The van der Waals surface area contributed by atoms with E-state index in [-0.39, 0.29) is 30.4 Å². The average molecular weight is 778 g/mol. The lowest BCUT2D eigenvalue weighted by Crippen LogP contribution is -2.55. The van der Waals surface area contributed by atoms with Gasteiger partial charge in [-0.2, -0.15) is 0 Å². The van der Waals surface area contributed by atoms with Crippen LogP contribution in [0.4, 0.5) is 4.79 Å². The monoisotopic (exact) mass is 777 g/mol. The lowest BCUT2D eigenvalue weighted by Gasteiger charge is -2.38. The van der Waals surface area contributed by atoms with Crippen LogP contribution in [0.1, 0.15) is 102 Å². The highest BCUT2D eigenvalue weighted by Crippen LogP contribution is 2.34. The lowest BCUT2D eigenvalue weighted by molar-refractivity contribution is -0.143. The minimum atomic E-state index is -0.677. The summed E-state index contributed by atoms with van der Waals surface area (Å²) in [4.78, 5) is 60.8. The predicted octanol–water partition coefficient (Wildman–Crippen LogP) is 8.25. The summed E-state index contributed by atoms with van der Waals surface area (Å²) in [6.07, 6.45) is 9.50. The van der Waals surface area contributed by atoms with E-state index in [1.807, 2.05) is 111 Å². The molecule has 10 nitrogen and oxygen atoms in total. The fourth-order valence-corrected chi connectivity index (χ4v) is 8.01. The molecule has 1 fully saturated rings. The van der Waals surface area contributed by atoms with Gasteiger partial charge in [0, 0.05) is 38.3 Å². The third-order valence-electron chi connectivity index (χ3n) is 11.3. The Morgan fingerprint density at radius 2 is 1.51 bits per heavy atom. The Hall–Kier alpha value is -4.96. The van der Waals surface area contributed by atoms with Crippen molar-refractivity contribution < 1.29 is 23.9 Å². The first-order valence-corrected chi connectivity index (χ1v) is 21.0. The maximum atomic E-state index is 14.0. The highest BCUT2D eigenvalue weighted by Gasteiger charge is 2.38. The van der Waals surface area contributed by atoms with E-state index in [9.17, 15) is 19.2 Å². The fourth-order valence-electron chi connectivity index (χ4n) is 8.01. The number of benzene rings is 3. The van der Waals surface area contributed by atoms with Crippen LogP contribution in [0.3, 0.4) is 0 Å². The Morgan fingerprint density at radius 1 is 0.842 bits per heavy atom. The summed E-state index contributed by atoms with van der Waals surface area (Å²) in [5, 5.41) is 6.24. The summed E-state index contributed by atoms with van der Waals surface area (Å²) >= 11 is 0. The molecular weight excluding hydrogens is 715 g/mol. The van der Waals surface area contributed by atoms with Crippen LogP contribution < -0.4 is 10.6 Å². The molecule has 10 heteroatoms. The summed E-state index contributed by atoms with van der Waals surface area (Å²) in [6.45, 7) is 6.23. The minimum absolute atomic E-state index is 0.00873. The molecule has 0 saturated heterocycles. The number of amides is 4. The standard InChI is InChI=1S/C47H63N5O5/c1-5-6-30-48-45(54)44(40-23-15-9-16-24-40)52(33-32-50(3)4)41(53)25-17-10-18-31-51-35(2)42(46(55)57-34-36-19-11-7-12-20-36)43(49-47(51)56)39-28-26-38(27-29-39)37-21-13-8-14-22-37/h7-8,11-14,19-22,26-29,40,43-44H,5-6,9-10,15-18,23-25,30-34H2,1-4H3,(H,48,54)(H,49,56). The van der Waals surface area contributed by atoms with Gasteiger partial charge in [-0.1, -0.05) is 124 Å². The van der Waals surface area contributed by atoms with Crippen molar-refractivity contribution in [3.8, 4) is 11.1 Å². The van der Waals surface area contributed by atoms with Gasteiger partial charge >= 0.3 is 12.0 Å². The van der Waals surface area contributed by atoms with Gasteiger partial charge < -0.3 is 25.2 Å². The fraction of sp³-hybridized carbons (Fsp3) is 0.489. The number of nitrogens with one attached hydrogen (secondary N) is 2. The number of carbonyl (C=O) groups is 4. The molecule has 306 valence electrons. The van der Waals surface area contributed by atoms with Crippen LogP contribution in [0, 0.1) is 5.92 Å². The number of nitrogens with zero attached hydrogens (tertiary/aromatic N) is 3. The topological polar surface area (TPSA) is 111 Å². The Balaban J connectivity index is 1.27. The molecular formula is C47H63N5O5. The van der Waals surface area contributed by atoms with E-state index < -0.39 is 18.1 Å². The highest BCUT2D eigenvalue weighted by molar-refractivity contribution is 5.95. The maximum Gasteiger partial charge on any atom is 0.338 e. The van der Waals surface area contributed by atoms with Crippen LogP contribution in [-0.4, -0.2) is 84.8 Å². The van der Waals surface area contributed by atoms with Gasteiger partial charge in [0.2, 0.25) is 11.8 Å². The molecule has 2 N–H and O–H groups in total. The van der Waals surface area contributed by atoms with Gasteiger partial charge in [-0.05, 0) is 81.3 Å². The number of esters is 1. The van der Waals surface area contributed by atoms with E-state index in [1.165, 1.54) is 6.42 Å². The van der Waals surface area contributed by atoms with Crippen molar-refractivity contribution in [2.45, 2.75) is 103 Å². The zero-order valence-corrected chi connectivity index (χ0v) is 34.5. The molecule has 2 aliphatic rings. The quantitative estimate of drug-likeness (QED) is 0.0884. The van der Waals surface area contributed by atoms with Crippen LogP contribution in [0.2, 0.25) is 0 Å². The van der Waals surface area contributed by atoms with Gasteiger partial charge in [0.1, 0.15) is 12.6 Å². The molecule has 0 aromatic heterocycles. The van der Waals surface area contributed by atoms with E-state index in [4.69, 9.17) is 4.74 Å². The number of allylic oxidation sites excluding steroid dienone is 1. The normalized spacial score (nSPS) is 16.6. The van der Waals surface area contributed by atoms with Crippen molar-refractivity contribution in [1.29, 1.82) is 0 Å². The summed E-state index contributed by atoms with van der Waals surface area (Å²) < 4.78 is 5.85.